The molecular weight excluding hydrogens is 222 g/mol. The summed E-state index contributed by atoms with van der Waals surface area (Å²) in [5.41, 5.74) is 5.48. The molecule has 1 heterocycles. The molecule has 0 bridgehead atoms. The van der Waals surface area contributed by atoms with Gasteiger partial charge in [-0.15, -0.1) is 0 Å². The molecule has 0 saturated carbocycles. The zero-order valence-corrected chi connectivity index (χ0v) is 8.58. The molecule has 8 heteroatoms. The van der Waals surface area contributed by atoms with Crippen molar-refractivity contribution < 1.29 is 34.1 Å². The van der Waals surface area contributed by atoms with Gasteiger partial charge >= 0.3 is 17.9 Å². The average molecular weight is 235 g/mol. The molecule has 0 aromatic rings. The van der Waals surface area contributed by atoms with Gasteiger partial charge in [0.05, 0.1) is 20.3 Å². The van der Waals surface area contributed by atoms with E-state index in [0.29, 0.717) is 13.2 Å². The number of ether oxygens (including phenoxy) is 2. The standard InChI is InChI=1S/C6H11NO3.C2H2O4/c1-9-6(8)5(7)4-2-10-3-4;3-1(4)2(5)6/h4-5H,2-3,7H2,1H3;(H,3,4)(H,5,6). The van der Waals surface area contributed by atoms with E-state index in [1.165, 1.54) is 7.11 Å². The average Bonchev–Trinajstić information content (AvgIpc) is 2.14. The molecule has 1 aliphatic rings. The van der Waals surface area contributed by atoms with Gasteiger partial charge in [-0.25, -0.2) is 9.59 Å². The molecule has 1 unspecified atom stereocenters. The van der Waals surface area contributed by atoms with Crippen LogP contribution in [0.2, 0.25) is 0 Å². The monoisotopic (exact) mass is 235 g/mol. The first-order valence-corrected chi connectivity index (χ1v) is 4.27. The summed E-state index contributed by atoms with van der Waals surface area (Å²) >= 11 is 0. The van der Waals surface area contributed by atoms with Crippen molar-refractivity contribution in [2.24, 2.45) is 11.7 Å². The Hall–Kier alpha value is -1.67. The van der Waals surface area contributed by atoms with Gasteiger partial charge < -0.3 is 25.4 Å². The highest BCUT2D eigenvalue weighted by Gasteiger charge is 2.31. The van der Waals surface area contributed by atoms with E-state index in [9.17, 15) is 4.79 Å². The number of methoxy groups -OCH3 is 1. The van der Waals surface area contributed by atoms with Gasteiger partial charge in [0.25, 0.3) is 0 Å². The van der Waals surface area contributed by atoms with Crippen molar-refractivity contribution in [1.82, 2.24) is 0 Å². The molecule has 0 spiro atoms. The van der Waals surface area contributed by atoms with E-state index in [4.69, 9.17) is 30.3 Å². The van der Waals surface area contributed by atoms with Gasteiger partial charge in [-0.05, 0) is 0 Å². The van der Waals surface area contributed by atoms with Crippen LogP contribution in [-0.4, -0.2) is 54.5 Å². The van der Waals surface area contributed by atoms with Gasteiger partial charge in [0.1, 0.15) is 6.04 Å². The van der Waals surface area contributed by atoms with Crippen LogP contribution in [0, 0.1) is 5.92 Å². The Morgan fingerprint density at radius 3 is 1.94 bits per heavy atom. The van der Waals surface area contributed by atoms with E-state index < -0.39 is 18.0 Å². The summed E-state index contributed by atoms with van der Waals surface area (Å²) in [5, 5.41) is 14.8. The Morgan fingerprint density at radius 1 is 1.31 bits per heavy atom. The Bertz CT molecular complexity index is 262. The Labute approximate surface area is 90.9 Å². The fourth-order valence-electron chi connectivity index (χ4n) is 0.790. The summed E-state index contributed by atoms with van der Waals surface area (Å²) < 4.78 is 9.31. The summed E-state index contributed by atoms with van der Waals surface area (Å²) in [7, 11) is 1.34. The number of esters is 1. The van der Waals surface area contributed by atoms with Crippen molar-refractivity contribution in [2.45, 2.75) is 6.04 Å². The van der Waals surface area contributed by atoms with Crippen LogP contribution in [0.5, 0.6) is 0 Å². The van der Waals surface area contributed by atoms with Gasteiger partial charge in [0.2, 0.25) is 0 Å². The van der Waals surface area contributed by atoms with Crippen LogP contribution in [0.1, 0.15) is 0 Å². The first-order chi connectivity index (χ1) is 7.40. The van der Waals surface area contributed by atoms with E-state index in [2.05, 4.69) is 4.74 Å². The second kappa shape index (κ2) is 6.75. The topological polar surface area (TPSA) is 136 Å². The summed E-state index contributed by atoms with van der Waals surface area (Å²) in [4.78, 5) is 28.9. The molecule has 0 amide bonds. The fourth-order valence-corrected chi connectivity index (χ4v) is 0.790. The maximum absolute atomic E-state index is 10.7. The van der Waals surface area contributed by atoms with Crippen molar-refractivity contribution >= 4 is 17.9 Å². The van der Waals surface area contributed by atoms with E-state index >= 15 is 0 Å². The first-order valence-electron chi connectivity index (χ1n) is 4.27. The molecule has 0 radical (unpaired) electrons. The molecule has 0 aromatic carbocycles. The van der Waals surface area contributed by atoms with Gasteiger partial charge in [-0.2, -0.15) is 0 Å². The first kappa shape index (κ1) is 14.3. The highest BCUT2D eigenvalue weighted by atomic mass is 16.5. The van der Waals surface area contributed by atoms with Crippen molar-refractivity contribution in [2.75, 3.05) is 20.3 Å². The maximum Gasteiger partial charge on any atom is 0.414 e. The zero-order chi connectivity index (χ0) is 12.7. The van der Waals surface area contributed by atoms with Crippen LogP contribution in [0.15, 0.2) is 0 Å². The van der Waals surface area contributed by atoms with Crippen LogP contribution < -0.4 is 5.73 Å². The minimum absolute atomic E-state index is 0.160. The second-order valence-electron chi connectivity index (χ2n) is 2.96. The third-order valence-corrected chi connectivity index (χ3v) is 1.83. The normalized spacial score (nSPS) is 16.1. The van der Waals surface area contributed by atoms with Gasteiger partial charge in [-0.1, -0.05) is 0 Å². The molecule has 1 aliphatic heterocycles. The van der Waals surface area contributed by atoms with Gasteiger partial charge in [-0.3, -0.25) is 4.79 Å². The van der Waals surface area contributed by atoms with Crippen LogP contribution in [-0.2, 0) is 23.9 Å². The molecule has 0 aliphatic carbocycles. The minimum Gasteiger partial charge on any atom is -0.473 e. The predicted octanol–water partition coefficient (Wildman–Crippen LogP) is -1.71. The Morgan fingerprint density at radius 2 is 1.75 bits per heavy atom. The summed E-state index contributed by atoms with van der Waals surface area (Å²) in [6, 6.07) is -0.501. The number of carboxylic acid groups (broad SMARTS) is 2. The minimum atomic E-state index is -1.82. The number of rotatable bonds is 2. The van der Waals surface area contributed by atoms with Crippen molar-refractivity contribution in [3.05, 3.63) is 0 Å². The smallest absolute Gasteiger partial charge is 0.414 e. The summed E-state index contributed by atoms with van der Waals surface area (Å²) in [6.07, 6.45) is 0. The number of hydrogen-bond donors (Lipinski definition) is 3. The third-order valence-electron chi connectivity index (χ3n) is 1.83. The van der Waals surface area contributed by atoms with Crippen LogP contribution in [0.3, 0.4) is 0 Å². The van der Waals surface area contributed by atoms with Crippen LogP contribution >= 0.6 is 0 Å². The number of carboxylic acids is 2. The van der Waals surface area contributed by atoms with E-state index in [1.54, 1.807) is 0 Å². The number of hydrogen-bond acceptors (Lipinski definition) is 6. The molecule has 0 aromatic heterocycles. The number of carbonyl (C=O) groups excluding carboxylic acids is 1. The largest absolute Gasteiger partial charge is 0.473 e. The van der Waals surface area contributed by atoms with E-state index in [-0.39, 0.29) is 11.9 Å². The molecule has 4 N–H and O–H groups in total. The summed E-state index contributed by atoms with van der Waals surface area (Å²) in [5.74, 6) is -3.84. The van der Waals surface area contributed by atoms with Crippen molar-refractivity contribution in [3.8, 4) is 0 Å². The maximum atomic E-state index is 10.7. The zero-order valence-electron chi connectivity index (χ0n) is 8.58. The second-order valence-corrected chi connectivity index (χ2v) is 2.96. The fraction of sp³-hybridized carbons (Fsp3) is 0.625. The number of carbonyl (C=O) groups is 3. The van der Waals surface area contributed by atoms with Crippen LogP contribution in [0.25, 0.3) is 0 Å². The Balaban J connectivity index is 0.000000325. The SMILES string of the molecule is COC(=O)C(N)C1COC1.O=C(O)C(=O)O. The number of aliphatic carboxylic acids is 2. The lowest BCUT2D eigenvalue weighted by Crippen LogP contribution is -2.48. The van der Waals surface area contributed by atoms with Crippen LogP contribution in [0.4, 0.5) is 0 Å². The third kappa shape index (κ3) is 4.71. The highest BCUT2D eigenvalue weighted by Crippen LogP contribution is 2.13. The number of nitrogens with two attached hydrogens (primary N) is 1. The highest BCUT2D eigenvalue weighted by molar-refractivity contribution is 6.27. The van der Waals surface area contributed by atoms with E-state index in [0.717, 1.165) is 0 Å². The van der Waals surface area contributed by atoms with Gasteiger partial charge in [0.15, 0.2) is 0 Å². The molecule has 1 rings (SSSR count). The van der Waals surface area contributed by atoms with E-state index in [1.807, 2.05) is 0 Å². The van der Waals surface area contributed by atoms with Crippen molar-refractivity contribution in [1.29, 1.82) is 0 Å². The molecular formula is C8H13NO7. The predicted molar refractivity (Wildman–Crippen MR) is 49.6 cm³/mol. The summed E-state index contributed by atoms with van der Waals surface area (Å²) in [6.45, 7) is 1.16. The molecule has 1 atom stereocenters. The molecule has 1 saturated heterocycles. The quantitative estimate of drug-likeness (QED) is 0.380. The van der Waals surface area contributed by atoms with Gasteiger partial charge in [0, 0.05) is 5.92 Å². The Kier molecular flexibility index (Phi) is 6.04. The van der Waals surface area contributed by atoms with Crippen molar-refractivity contribution in [3.63, 3.8) is 0 Å². The lowest BCUT2D eigenvalue weighted by atomic mass is 9.99. The molecule has 1 fully saturated rings. The molecule has 16 heavy (non-hydrogen) atoms. The molecule has 8 nitrogen and oxygen atoms in total. The molecule has 92 valence electrons. The lowest BCUT2D eigenvalue weighted by Gasteiger charge is -2.29. The lowest BCUT2D eigenvalue weighted by molar-refractivity contribution is -0.159.